The lowest BCUT2D eigenvalue weighted by Crippen LogP contribution is -2.50. The number of aliphatic hydroxyl groups is 3. The molecular formula is C42H81NO4. The predicted octanol–water partition coefficient (Wildman–Crippen LogP) is 11.4. The number of hydrogen-bond acceptors (Lipinski definition) is 4. The van der Waals surface area contributed by atoms with Gasteiger partial charge >= 0.3 is 0 Å². The number of carbonyl (C=O) groups is 1. The fourth-order valence-corrected chi connectivity index (χ4v) is 6.28. The van der Waals surface area contributed by atoms with Gasteiger partial charge in [0.25, 0.3) is 0 Å². The van der Waals surface area contributed by atoms with E-state index in [1.165, 1.54) is 135 Å². The zero-order valence-electron chi connectivity index (χ0n) is 31.4. The van der Waals surface area contributed by atoms with E-state index in [4.69, 9.17) is 0 Å². The highest BCUT2D eigenvalue weighted by atomic mass is 16.3. The second-order valence-corrected chi connectivity index (χ2v) is 14.2. The van der Waals surface area contributed by atoms with Gasteiger partial charge in [0, 0.05) is 6.42 Å². The lowest BCUT2D eigenvalue weighted by molar-refractivity contribution is -0.124. The Morgan fingerprint density at radius 3 is 1.28 bits per heavy atom. The van der Waals surface area contributed by atoms with Crippen molar-refractivity contribution in [2.24, 2.45) is 0 Å². The molecule has 0 aromatic carbocycles. The topological polar surface area (TPSA) is 89.8 Å². The summed E-state index contributed by atoms with van der Waals surface area (Å²) in [5.74, 6) is -0.157. The number of aliphatic hydroxyl groups excluding tert-OH is 3. The Morgan fingerprint density at radius 2 is 0.872 bits per heavy atom. The van der Waals surface area contributed by atoms with Crippen LogP contribution in [0.5, 0.6) is 0 Å². The average Bonchev–Trinajstić information content (AvgIpc) is 3.07. The molecule has 0 saturated carbocycles. The fourth-order valence-electron chi connectivity index (χ4n) is 6.28. The van der Waals surface area contributed by atoms with Crippen molar-refractivity contribution in [1.82, 2.24) is 5.32 Å². The summed E-state index contributed by atoms with van der Waals surface area (Å²) in [6.07, 6.45) is 44.3. The average molecular weight is 664 g/mol. The normalized spacial score (nSPS) is 13.9. The van der Waals surface area contributed by atoms with E-state index in [1.807, 2.05) is 0 Å². The summed E-state index contributed by atoms with van der Waals surface area (Å²) < 4.78 is 0. The molecule has 5 nitrogen and oxygen atoms in total. The number of amides is 1. The third kappa shape index (κ3) is 33.1. The van der Waals surface area contributed by atoms with Crippen LogP contribution < -0.4 is 5.32 Å². The van der Waals surface area contributed by atoms with Crippen molar-refractivity contribution in [3.05, 3.63) is 24.3 Å². The molecule has 0 radical (unpaired) electrons. The largest absolute Gasteiger partial charge is 0.394 e. The van der Waals surface area contributed by atoms with Crippen LogP contribution in [0.25, 0.3) is 0 Å². The van der Waals surface area contributed by atoms with Crippen molar-refractivity contribution in [3.63, 3.8) is 0 Å². The van der Waals surface area contributed by atoms with Gasteiger partial charge in [-0.05, 0) is 44.9 Å². The number of rotatable bonds is 37. The lowest BCUT2D eigenvalue weighted by Gasteiger charge is -2.26. The molecule has 0 aromatic heterocycles. The molecule has 5 heteroatoms. The minimum atomic E-state index is -1.16. The standard InChI is InChI=1S/C42H81NO4/c1-3-5-7-9-11-13-15-16-17-18-19-20-21-22-23-24-25-27-29-31-33-35-37-41(46)43-39(38-44)42(47)40(45)36-34-32-30-28-26-14-12-10-8-6-4-2/h10,12,28,30,39-40,42,44-45,47H,3-9,11,13-27,29,31-38H2,1-2H3,(H,43,46)/b12-10+,30-28+. The highest BCUT2D eigenvalue weighted by Gasteiger charge is 2.26. The van der Waals surface area contributed by atoms with Gasteiger partial charge in [-0.3, -0.25) is 4.79 Å². The van der Waals surface area contributed by atoms with Crippen molar-refractivity contribution in [2.45, 2.75) is 231 Å². The van der Waals surface area contributed by atoms with Crippen LogP contribution in [0.4, 0.5) is 0 Å². The highest BCUT2D eigenvalue weighted by molar-refractivity contribution is 5.76. The van der Waals surface area contributed by atoms with E-state index in [0.717, 1.165) is 51.4 Å². The molecule has 0 spiro atoms. The van der Waals surface area contributed by atoms with Gasteiger partial charge in [-0.25, -0.2) is 0 Å². The molecule has 278 valence electrons. The van der Waals surface area contributed by atoms with Crippen LogP contribution in [0.3, 0.4) is 0 Å². The van der Waals surface area contributed by atoms with E-state index in [2.05, 4.69) is 43.5 Å². The minimum Gasteiger partial charge on any atom is -0.394 e. The van der Waals surface area contributed by atoms with Gasteiger partial charge in [-0.1, -0.05) is 186 Å². The molecule has 0 aliphatic carbocycles. The Kier molecular flexibility index (Phi) is 36.7. The summed E-state index contributed by atoms with van der Waals surface area (Å²) in [5, 5.41) is 33.3. The molecular weight excluding hydrogens is 582 g/mol. The molecule has 0 bridgehead atoms. The third-order valence-electron chi connectivity index (χ3n) is 9.54. The van der Waals surface area contributed by atoms with Gasteiger partial charge in [0.2, 0.25) is 5.91 Å². The van der Waals surface area contributed by atoms with Crippen LogP contribution in [-0.2, 0) is 4.79 Å². The molecule has 0 heterocycles. The number of unbranched alkanes of at least 4 members (excludes halogenated alkanes) is 25. The second kappa shape index (κ2) is 37.6. The van der Waals surface area contributed by atoms with Gasteiger partial charge in [0.1, 0.15) is 6.10 Å². The van der Waals surface area contributed by atoms with Crippen molar-refractivity contribution < 1.29 is 20.1 Å². The van der Waals surface area contributed by atoms with Crippen molar-refractivity contribution in [1.29, 1.82) is 0 Å². The van der Waals surface area contributed by atoms with Gasteiger partial charge in [0.15, 0.2) is 0 Å². The van der Waals surface area contributed by atoms with Crippen LogP contribution in [0.15, 0.2) is 24.3 Å². The fraction of sp³-hybridized carbons (Fsp3) is 0.881. The van der Waals surface area contributed by atoms with Gasteiger partial charge in [-0.15, -0.1) is 0 Å². The van der Waals surface area contributed by atoms with Crippen LogP contribution in [0, 0.1) is 0 Å². The molecule has 0 rings (SSSR count). The molecule has 1 amide bonds. The van der Waals surface area contributed by atoms with Crippen LogP contribution in [-0.4, -0.2) is 46.1 Å². The number of nitrogens with one attached hydrogen (secondary N) is 1. The number of allylic oxidation sites excluding steroid dienone is 4. The van der Waals surface area contributed by atoms with Gasteiger partial charge in [-0.2, -0.15) is 0 Å². The zero-order valence-corrected chi connectivity index (χ0v) is 31.4. The Labute approximate surface area is 292 Å². The summed E-state index contributed by atoms with van der Waals surface area (Å²) in [4.78, 5) is 12.4. The zero-order chi connectivity index (χ0) is 34.5. The van der Waals surface area contributed by atoms with Crippen LogP contribution in [0.2, 0.25) is 0 Å². The summed E-state index contributed by atoms with van der Waals surface area (Å²) in [7, 11) is 0. The molecule has 0 aliphatic rings. The minimum absolute atomic E-state index is 0.157. The summed E-state index contributed by atoms with van der Waals surface area (Å²) in [6, 6.07) is -0.827. The van der Waals surface area contributed by atoms with Gasteiger partial charge in [0.05, 0.1) is 18.8 Å². The first kappa shape index (κ1) is 45.8. The molecule has 0 aliphatic heterocycles. The number of hydrogen-bond donors (Lipinski definition) is 4. The Bertz CT molecular complexity index is 694. The second-order valence-electron chi connectivity index (χ2n) is 14.2. The first-order valence-electron chi connectivity index (χ1n) is 20.6. The lowest BCUT2D eigenvalue weighted by atomic mass is 10.0. The monoisotopic (exact) mass is 664 g/mol. The molecule has 0 aromatic rings. The Hall–Kier alpha value is -1.17. The van der Waals surface area contributed by atoms with Crippen molar-refractivity contribution >= 4 is 5.91 Å². The first-order chi connectivity index (χ1) is 23.1. The quantitative estimate of drug-likeness (QED) is 0.0393. The third-order valence-corrected chi connectivity index (χ3v) is 9.54. The van der Waals surface area contributed by atoms with E-state index in [9.17, 15) is 20.1 Å². The van der Waals surface area contributed by atoms with Crippen molar-refractivity contribution in [2.75, 3.05) is 6.61 Å². The Balaban J connectivity index is 3.60. The maximum atomic E-state index is 12.4. The predicted molar refractivity (Wildman–Crippen MR) is 204 cm³/mol. The van der Waals surface area contributed by atoms with Crippen molar-refractivity contribution in [3.8, 4) is 0 Å². The summed E-state index contributed by atoms with van der Waals surface area (Å²) >= 11 is 0. The van der Waals surface area contributed by atoms with Gasteiger partial charge < -0.3 is 20.6 Å². The van der Waals surface area contributed by atoms with E-state index < -0.39 is 18.2 Å². The molecule has 47 heavy (non-hydrogen) atoms. The molecule has 4 N–H and O–H groups in total. The maximum Gasteiger partial charge on any atom is 0.220 e. The summed E-state index contributed by atoms with van der Waals surface area (Å²) in [6.45, 7) is 4.11. The highest BCUT2D eigenvalue weighted by Crippen LogP contribution is 2.16. The molecule has 0 fully saturated rings. The Morgan fingerprint density at radius 1 is 0.511 bits per heavy atom. The first-order valence-corrected chi connectivity index (χ1v) is 20.6. The van der Waals surface area contributed by atoms with E-state index in [1.54, 1.807) is 0 Å². The summed E-state index contributed by atoms with van der Waals surface area (Å²) in [5.41, 5.74) is 0. The van der Waals surface area contributed by atoms with Crippen LogP contribution >= 0.6 is 0 Å². The van der Waals surface area contributed by atoms with Crippen LogP contribution in [0.1, 0.15) is 213 Å². The van der Waals surface area contributed by atoms with E-state index in [-0.39, 0.29) is 12.5 Å². The van der Waals surface area contributed by atoms with E-state index >= 15 is 0 Å². The molecule has 3 atom stereocenters. The van der Waals surface area contributed by atoms with E-state index in [0.29, 0.717) is 12.8 Å². The number of carbonyl (C=O) groups excluding carboxylic acids is 1. The smallest absolute Gasteiger partial charge is 0.220 e. The molecule has 0 saturated heterocycles. The molecule has 3 unspecified atom stereocenters. The SMILES string of the molecule is CCCC/C=C/CC/C=C/CCCC(O)C(O)C(CO)NC(=O)CCCCCCCCCCCCCCCCCCCCCCCC. The maximum absolute atomic E-state index is 12.4.